The van der Waals surface area contributed by atoms with Gasteiger partial charge < -0.3 is 20.3 Å². The molecule has 0 aliphatic carbocycles. The molecule has 3 aromatic heterocycles. The van der Waals surface area contributed by atoms with Crippen molar-refractivity contribution in [2.75, 3.05) is 37.0 Å². The summed E-state index contributed by atoms with van der Waals surface area (Å²) < 4.78 is 5.53. The molecule has 2 N–H and O–H groups in total. The average molecular weight is 427 g/mol. The van der Waals surface area contributed by atoms with Gasteiger partial charge in [0.1, 0.15) is 17.4 Å². The van der Waals surface area contributed by atoms with E-state index in [1.54, 1.807) is 25.7 Å². The number of hydrogen-bond acceptors (Lipinski definition) is 8. The maximum Gasteiger partial charge on any atom is 0.239 e. The van der Waals surface area contributed by atoms with Crippen LogP contribution in [-0.2, 0) is 4.79 Å². The van der Waals surface area contributed by atoms with Crippen molar-refractivity contribution < 1.29 is 9.53 Å². The summed E-state index contributed by atoms with van der Waals surface area (Å²) in [4.78, 5) is 32.3. The van der Waals surface area contributed by atoms with Gasteiger partial charge in [-0.2, -0.15) is 0 Å². The van der Waals surface area contributed by atoms with Crippen LogP contribution in [0.3, 0.4) is 0 Å². The van der Waals surface area contributed by atoms with E-state index >= 15 is 0 Å². The summed E-state index contributed by atoms with van der Waals surface area (Å²) in [5.41, 5.74) is 2.38. The number of benzene rings is 1. The van der Waals surface area contributed by atoms with Crippen molar-refractivity contribution in [2.45, 2.75) is 0 Å². The first-order valence-electron chi connectivity index (χ1n) is 10.2. The van der Waals surface area contributed by atoms with Gasteiger partial charge in [0.2, 0.25) is 5.91 Å². The lowest BCUT2D eigenvalue weighted by atomic mass is 10.2. The molecule has 4 heterocycles. The van der Waals surface area contributed by atoms with Crippen LogP contribution in [0, 0.1) is 0 Å². The van der Waals surface area contributed by atoms with Gasteiger partial charge in [0, 0.05) is 30.5 Å². The number of pyridine rings is 2. The predicted molar refractivity (Wildman–Crippen MR) is 122 cm³/mol. The van der Waals surface area contributed by atoms with Crippen molar-refractivity contribution in [1.29, 1.82) is 0 Å². The van der Waals surface area contributed by atoms with Crippen molar-refractivity contribution >= 4 is 34.1 Å². The average Bonchev–Trinajstić information content (AvgIpc) is 2.83. The minimum Gasteiger partial charge on any atom is -0.494 e. The summed E-state index contributed by atoms with van der Waals surface area (Å²) in [7, 11) is 1.58. The van der Waals surface area contributed by atoms with Gasteiger partial charge in [-0.05, 0) is 24.3 Å². The monoisotopic (exact) mass is 427 g/mol. The van der Waals surface area contributed by atoms with Crippen LogP contribution in [0.2, 0.25) is 0 Å². The molecule has 0 radical (unpaired) electrons. The molecule has 5 rings (SSSR count). The molecular weight excluding hydrogens is 406 g/mol. The molecule has 0 atom stereocenters. The smallest absolute Gasteiger partial charge is 0.239 e. The Hall–Kier alpha value is -4.27. The highest BCUT2D eigenvalue weighted by atomic mass is 16.5. The van der Waals surface area contributed by atoms with E-state index in [-0.39, 0.29) is 12.5 Å². The maximum atomic E-state index is 12.1. The molecule has 9 nitrogen and oxygen atoms in total. The summed E-state index contributed by atoms with van der Waals surface area (Å²) in [6.45, 7) is 1.40. The highest BCUT2D eigenvalue weighted by Gasteiger charge is 2.23. The molecule has 0 saturated carbocycles. The van der Waals surface area contributed by atoms with Gasteiger partial charge >= 0.3 is 0 Å². The van der Waals surface area contributed by atoms with Crippen LogP contribution in [0.15, 0.2) is 61.1 Å². The highest BCUT2D eigenvalue weighted by molar-refractivity contribution is 5.97. The Bertz CT molecular complexity index is 1280. The largest absolute Gasteiger partial charge is 0.494 e. The molecule has 1 fully saturated rings. The second-order valence-corrected chi connectivity index (χ2v) is 7.30. The first-order valence-corrected chi connectivity index (χ1v) is 10.2. The summed E-state index contributed by atoms with van der Waals surface area (Å²) in [6.07, 6.45) is 5.03. The molecule has 0 unspecified atom stereocenters. The van der Waals surface area contributed by atoms with Crippen LogP contribution in [0.1, 0.15) is 0 Å². The van der Waals surface area contributed by atoms with Gasteiger partial charge in [0.05, 0.1) is 37.0 Å². The fourth-order valence-electron chi connectivity index (χ4n) is 3.68. The topological polar surface area (TPSA) is 105 Å². The summed E-state index contributed by atoms with van der Waals surface area (Å²) in [5, 5.41) is 6.88. The van der Waals surface area contributed by atoms with Gasteiger partial charge in [-0.25, -0.2) is 15.0 Å². The number of piperazine rings is 1. The lowest BCUT2D eigenvalue weighted by Crippen LogP contribution is -2.48. The molecule has 1 aliphatic rings. The first-order chi connectivity index (χ1) is 15.7. The summed E-state index contributed by atoms with van der Waals surface area (Å²) in [5.74, 6) is 2.37. The normalized spacial score (nSPS) is 13.7. The number of amides is 1. The van der Waals surface area contributed by atoms with E-state index < -0.39 is 0 Å². The van der Waals surface area contributed by atoms with Gasteiger partial charge in [0.25, 0.3) is 0 Å². The molecule has 1 saturated heterocycles. The number of rotatable bonds is 5. The summed E-state index contributed by atoms with van der Waals surface area (Å²) >= 11 is 0. The molecule has 4 aromatic rings. The van der Waals surface area contributed by atoms with Crippen LogP contribution < -0.4 is 20.3 Å². The fraction of sp³-hybridized carbons (Fsp3) is 0.174. The number of methoxy groups -OCH3 is 1. The molecule has 1 amide bonds. The molecule has 0 bridgehead atoms. The standard InChI is InChI=1S/C23H21N7O2/c1-32-18-13-24-12-17-21(18)23(30-10-9-26-20(31)14-30)29-22(28-17)15-7-8-25-19(11-15)27-16-5-3-2-4-6-16/h2-8,11-13H,9-10,14H2,1H3,(H,25,27)(H,26,31). The van der Waals surface area contributed by atoms with E-state index in [1.165, 1.54) is 0 Å². The zero-order valence-corrected chi connectivity index (χ0v) is 17.4. The SMILES string of the molecule is COc1cncc2nc(-c3ccnc(Nc4ccccc4)c3)nc(N3CCNC(=O)C3)c12. The number of anilines is 3. The number of nitrogens with zero attached hydrogens (tertiary/aromatic N) is 5. The van der Waals surface area contributed by atoms with Crippen LogP contribution in [0.4, 0.5) is 17.3 Å². The van der Waals surface area contributed by atoms with Crippen molar-refractivity contribution in [3.8, 4) is 17.1 Å². The Morgan fingerprint density at radius 1 is 1.12 bits per heavy atom. The predicted octanol–water partition coefficient (Wildman–Crippen LogP) is 2.78. The van der Waals surface area contributed by atoms with E-state index in [4.69, 9.17) is 14.7 Å². The third kappa shape index (κ3) is 3.87. The number of nitrogens with one attached hydrogen (secondary N) is 2. The van der Waals surface area contributed by atoms with Gasteiger partial charge in [-0.15, -0.1) is 0 Å². The third-order valence-electron chi connectivity index (χ3n) is 5.18. The Morgan fingerprint density at radius 2 is 2.00 bits per heavy atom. The van der Waals surface area contributed by atoms with Crippen molar-refractivity contribution in [3.63, 3.8) is 0 Å². The van der Waals surface area contributed by atoms with E-state index in [9.17, 15) is 4.79 Å². The number of carbonyl (C=O) groups excluding carboxylic acids is 1. The molecule has 0 spiro atoms. The highest BCUT2D eigenvalue weighted by Crippen LogP contribution is 2.34. The minimum absolute atomic E-state index is 0.0455. The first kappa shape index (κ1) is 19.7. The molecule has 1 aliphatic heterocycles. The van der Waals surface area contributed by atoms with E-state index in [2.05, 4.69) is 20.6 Å². The molecule has 9 heteroatoms. The second-order valence-electron chi connectivity index (χ2n) is 7.30. The van der Waals surface area contributed by atoms with E-state index in [0.717, 1.165) is 16.6 Å². The second kappa shape index (κ2) is 8.46. The number of aromatic nitrogens is 4. The number of fused-ring (bicyclic) bond motifs is 1. The van der Waals surface area contributed by atoms with Crippen LogP contribution in [0.25, 0.3) is 22.3 Å². The number of para-hydroxylation sites is 1. The van der Waals surface area contributed by atoms with Crippen molar-refractivity contribution in [1.82, 2.24) is 25.3 Å². The number of hydrogen-bond donors (Lipinski definition) is 2. The zero-order chi connectivity index (χ0) is 21.9. The Labute approximate surface area is 184 Å². The van der Waals surface area contributed by atoms with E-state index in [1.807, 2.05) is 47.4 Å². The zero-order valence-electron chi connectivity index (χ0n) is 17.4. The Kier molecular flexibility index (Phi) is 5.20. The van der Waals surface area contributed by atoms with Crippen LogP contribution in [0.5, 0.6) is 5.75 Å². The molecule has 160 valence electrons. The quantitative estimate of drug-likeness (QED) is 0.501. The third-order valence-corrected chi connectivity index (χ3v) is 5.18. The van der Waals surface area contributed by atoms with Gasteiger partial charge in [-0.1, -0.05) is 18.2 Å². The molecular formula is C23H21N7O2. The minimum atomic E-state index is -0.0455. The summed E-state index contributed by atoms with van der Waals surface area (Å²) in [6, 6.07) is 13.6. The lowest BCUT2D eigenvalue weighted by Gasteiger charge is -2.29. The van der Waals surface area contributed by atoms with Crippen molar-refractivity contribution in [2.24, 2.45) is 0 Å². The number of ether oxygens (including phenoxy) is 1. The van der Waals surface area contributed by atoms with Gasteiger partial charge in [-0.3, -0.25) is 9.78 Å². The number of carbonyl (C=O) groups is 1. The van der Waals surface area contributed by atoms with E-state index in [0.29, 0.717) is 41.8 Å². The van der Waals surface area contributed by atoms with Gasteiger partial charge in [0.15, 0.2) is 5.82 Å². The lowest BCUT2D eigenvalue weighted by molar-refractivity contribution is -0.120. The van der Waals surface area contributed by atoms with Crippen LogP contribution >= 0.6 is 0 Å². The fourth-order valence-corrected chi connectivity index (χ4v) is 3.68. The van der Waals surface area contributed by atoms with Crippen LogP contribution in [-0.4, -0.2) is 52.6 Å². The Morgan fingerprint density at radius 3 is 2.81 bits per heavy atom. The molecule has 32 heavy (non-hydrogen) atoms. The maximum absolute atomic E-state index is 12.1. The Balaban J connectivity index is 1.60. The van der Waals surface area contributed by atoms with Crippen molar-refractivity contribution in [3.05, 3.63) is 61.1 Å². The molecule has 1 aromatic carbocycles.